The molecule has 0 aromatic carbocycles. The molecule has 3 aromatic rings. The van der Waals surface area contributed by atoms with Crippen molar-refractivity contribution < 1.29 is 0 Å². The SMILES string of the molecule is C[C@@H]1CCNC[C@@H]1n1c(=O)[nH]c2cnc3[nH]ccc3c21. The molecule has 6 heteroatoms. The van der Waals surface area contributed by atoms with E-state index in [1.165, 1.54) is 0 Å². The molecule has 0 bridgehead atoms. The molecule has 0 aliphatic carbocycles. The summed E-state index contributed by atoms with van der Waals surface area (Å²) in [5.41, 5.74) is 2.54. The van der Waals surface area contributed by atoms with Gasteiger partial charge in [0, 0.05) is 18.1 Å². The van der Waals surface area contributed by atoms with E-state index in [9.17, 15) is 4.79 Å². The highest BCUT2D eigenvalue weighted by Crippen LogP contribution is 2.28. The zero-order valence-corrected chi connectivity index (χ0v) is 11.3. The average molecular weight is 271 g/mol. The lowest BCUT2D eigenvalue weighted by molar-refractivity contribution is 0.275. The summed E-state index contributed by atoms with van der Waals surface area (Å²) in [4.78, 5) is 22.8. The number of nitrogens with zero attached hydrogens (tertiary/aromatic N) is 2. The number of piperidine rings is 1. The fraction of sp³-hybridized carbons (Fsp3) is 0.429. The van der Waals surface area contributed by atoms with Gasteiger partial charge in [-0.15, -0.1) is 0 Å². The number of nitrogens with one attached hydrogen (secondary N) is 3. The zero-order valence-electron chi connectivity index (χ0n) is 11.3. The van der Waals surface area contributed by atoms with Crippen molar-refractivity contribution in [3.05, 3.63) is 28.9 Å². The van der Waals surface area contributed by atoms with E-state index in [-0.39, 0.29) is 11.7 Å². The molecular formula is C14H17N5O. The number of pyridine rings is 1. The summed E-state index contributed by atoms with van der Waals surface area (Å²) in [7, 11) is 0. The lowest BCUT2D eigenvalue weighted by Crippen LogP contribution is -2.40. The first kappa shape index (κ1) is 11.7. The van der Waals surface area contributed by atoms with Gasteiger partial charge in [-0.3, -0.25) is 4.57 Å². The van der Waals surface area contributed by atoms with E-state index in [0.717, 1.165) is 41.6 Å². The minimum Gasteiger partial charge on any atom is -0.346 e. The van der Waals surface area contributed by atoms with Crippen LogP contribution in [0.3, 0.4) is 0 Å². The average Bonchev–Trinajstić information content (AvgIpc) is 3.02. The number of fused-ring (bicyclic) bond motifs is 3. The van der Waals surface area contributed by atoms with Crippen LogP contribution in [0.5, 0.6) is 0 Å². The maximum atomic E-state index is 12.4. The molecule has 6 nitrogen and oxygen atoms in total. The van der Waals surface area contributed by atoms with Crippen molar-refractivity contribution in [3.63, 3.8) is 0 Å². The van der Waals surface area contributed by atoms with Gasteiger partial charge in [-0.05, 0) is 24.9 Å². The Morgan fingerprint density at radius 2 is 2.35 bits per heavy atom. The molecule has 4 rings (SSSR count). The van der Waals surface area contributed by atoms with Crippen LogP contribution in [0, 0.1) is 5.92 Å². The van der Waals surface area contributed by atoms with Crippen molar-refractivity contribution >= 4 is 22.1 Å². The van der Waals surface area contributed by atoms with E-state index in [2.05, 4.69) is 27.2 Å². The van der Waals surface area contributed by atoms with E-state index >= 15 is 0 Å². The van der Waals surface area contributed by atoms with E-state index in [1.807, 2.05) is 16.8 Å². The van der Waals surface area contributed by atoms with Crippen LogP contribution < -0.4 is 11.0 Å². The predicted octanol–water partition coefficient (Wildman–Crippen LogP) is 1.38. The number of aromatic nitrogens is 4. The number of aromatic amines is 2. The first-order valence-electron chi connectivity index (χ1n) is 7.02. The van der Waals surface area contributed by atoms with Crippen LogP contribution in [0.4, 0.5) is 0 Å². The van der Waals surface area contributed by atoms with Gasteiger partial charge in [-0.25, -0.2) is 9.78 Å². The highest BCUT2D eigenvalue weighted by atomic mass is 16.1. The lowest BCUT2D eigenvalue weighted by Gasteiger charge is -2.30. The second-order valence-electron chi connectivity index (χ2n) is 5.60. The van der Waals surface area contributed by atoms with Gasteiger partial charge < -0.3 is 15.3 Å². The first-order chi connectivity index (χ1) is 9.75. The van der Waals surface area contributed by atoms with Gasteiger partial charge in [0.25, 0.3) is 0 Å². The minimum atomic E-state index is -0.0453. The van der Waals surface area contributed by atoms with Gasteiger partial charge in [0.1, 0.15) is 5.65 Å². The molecule has 0 saturated carbocycles. The van der Waals surface area contributed by atoms with Crippen molar-refractivity contribution in [1.82, 2.24) is 24.8 Å². The molecule has 104 valence electrons. The Labute approximate surface area is 115 Å². The molecule has 0 unspecified atom stereocenters. The normalized spacial score (nSPS) is 23.6. The molecule has 0 amide bonds. The molecule has 1 aliphatic heterocycles. The summed E-state index contributed by atoms with van der Waals surface area (Å²) >= 11 is 0. The van der Waals surface area contributed by atoms with E-state index in [0.29, 0.717) is 5.92 Å². The summed E-state index contributed by atoms with van der Waals surface area (Å²) < 4.78 is 1.91. The third-order valence-electron chi connectivity index (χ3n) is 4.38. The summed E-state index contributed by atoms with van der Waals surface area (Å²) in [6, 6.07) is 2.17. The van der Waals surface area contributed by atoms with Crippen LogP contribution in [-0.2, 0) is 0 Å². The van der Waals surface area contributed by atoms with Crippen molar-refractivity contribution in [3.8, 4) is 0 Å². The van der Waals surface area contributed by atoms with Crippen molar-refractivity contribution in [1.29, 1.82) is 0 Å². The Kier molecular flexibility index (Phi) is 2.47. The minimum absolute atomic E-state index is 0.0453. The summed E-state index contributed by atoms with van der Waals surface area (Å²) in [6.07, 6.45) is 4.68. The first-order valence-corrected chi connectivity index (χ1v) is 7.02. The standard InChI is InChI=1S/C14H17N5O/c1-8-2-4-15-7-11(8)19-12-9-3-5-16-13(9)17-6-10(12)18-14(19)20/h3,5-6,8,11,15H,2,4,7H2,1H3,(H,16,17)(H,18,20)/t8-,11+/m1/s1. The Bertz CT molecular complexity index is 827. The third-order valence-corrected chi connectivity index (χ3v) is 4.38. The molecule has 3 aromatic heterocycles. The van der Waals surface area contributed by atoms with Gasteiger partial charge in [0.2, 0.25) is 0 Å². The Morgan fingerprint density at radius 3 is 3.20 bits per heavy atom. The quantitative estimate of drug-likeness (QED) is 0.625. The van der Waals surface area contributed by atoms with Crippen LogP contribution in [0.25, 0.3) is 22.1 Å². The van der Waals surface area contributed by atoms with Crippen molar-refractivity contribution in [2.24, 2.45) is 5.92 Å². The molecule has 1 saturated heterocycles. The van der Waals surface area contributed by atoms with Crippen LogP contribution >= 0.6 is 0 Å². The number of hydrogen-bond donors (Lipinski definition) is 3. The Balaban J connectivity index is 2.04. The van der Waals surface area contributed by atoms with Gasteiger partial charge in [-0.2, -0.15) is 0 Å². The van der Waals surface area contributed by atoms with Crippen molar-refractivity contribution in [2.75, 3.05) is 13.1 Å². The number of H-pyrrole nitrogens is 2. The zero-order chi connectivity index (χ0) is 13.7. The molecule has 0 spiro atoms. The molecule has 1 fully saturated rings. The Morgan fingerprint density at radius 1 is 1.45 bits per heavy atom. The van der Waals surface area contributed by atoms with E-state index in [1.54, 1.807) is 6.20 Å². The van der Waals surface area contributed by atoms with Crippen LogP contribution in [0.15, 0.2) is 23.3 Å². The summed E-state index contributed by atoms with van der Waals surface area (Å²) in [5, 5.41) is 4.39. The maximum Gasteiger partial charge on any atom is 0.326 e. The summed E-state index contributed by atoms with van der Waals surface area (Å²) in [5.74, 6) is 0.482. The largest absolute Gasteiger partial charge is 0.346 e. The molecular weight excluding hydrogens is 254 g/mol. The van der Waals surface area contributed by atoms with E-state index < -0.39 is 0 Å². The highest BCUT2D eigenvalue weighted by Gasteiger charge is 2.26. The molecule has 4 heterocycles. The van der Waals surface area contributed by atoms with Crippen molar-refractivity contribution in [2.45, 2.75) is 19.4 Å². The number of hydrogen-bond acceptors (Lipinski definition) is 3. The second-order valence-corrected chi connectivity index (χ2v) is 5.60. The maximum absolute atomic E-state index is 12.4. The van der Waals surface area contributed by atoms with E-state index in [4.69, 9.17) is 0 Å². The molecule has 1 aliphatic rings. The van der Waals surface area contributed by atoms with Gasteiger partial charge in [0.05, 0.1) is 23.3 Å². The fourth-order valence-electron chi connectivity index (χ4n) is 3.26. The number of imidazole rings is 1. The molecule has 0 radical (unpaired) electrons. The highest BCUT2D eigenvalue weighted by molar-refractivity contribution is 6.00. The monoisotopic (exact) mass is 271 g/mol. The predicted molar refractivity (Wildman–Crippen MR) is 77.9 cm³/mol. The Hall–Kier alpha value is -2.08. The summed E-state index contributed by atoms with van der Waals surface area (Å²) in [6.45, 7) is 4.07. The van der Waals surface area contributed by atoms with Gasteiger partial charge in [-0.1, -0.05) is 6.92 Å². The van der Waals surface area contributed by atoms with Crippen LogP contribution in [0.2, 0.25) is 0 Å². The lowest BCUT2D eigenvalue weighted by atomic mass is 9.94. The fourth-order valence-corrected chi connectivity index (χ4v) is 3.26. The smallest absolute Gasteiger partial charge is 0.326 e. The number of rotatable bonds is 1. The second kappa shape index (κ2) is 4.21. The topological polar surface area (TPSA) is 78.5 Å². The van der Waals surface area contributed by atoms with Crippen LogP contribution in [0.1, 0.15) is 19.4 Å². The molecule has 2 atom stereocenters. The van der Waals surface area contributed by atoms with Gasteiger partial charge >= 0.3 is 5.69 Å². The third kappa shape index (κ3) is 1.54. The molecule has 20 heavy (non-hydrogen) atoms. The van der Waals surface area contributed by atoms with Crippen LogP contribution in [-0.4, -0.2) is 32.6 Å². The van der Waals surface area contributed by atoms with Gasteiger partial charge in [0.15, 0.2) is 0 Å². The molecule has 3 N–H and O–H groups in total.